The van der Waals surface area contributed by atoms with E-state index in [9.17, 15) is 9.59 Å². The van der Waals surface area contributed by atoms with Crippen LogP contribution in [0.15, 0.2) is 53.1 Å². The number of oxazole rings is 1. The quantitative estimate of drug-likeness (QED) is 0.449. The molecule has 1 aliphatic heterocycles. The smallest absolute Gasteiger partial charge is 0.273 e. The molecule has 2 aliphatic rings. The van der Waals surface area contributed by atoms with Gasteiger partial charge in [-0.15, -0.1) is 0 Å². The van der Waals surface area contributed by atoms with Gasteiger partial charge < -0.3 is 19.4 Å². The molecule has 2 aromatic carbocycles. The predicted octanol–water partition coefficient (Wildman–Crippen LogP) is 5.37. The molecule has 1 fully saturated rings. The number of carbonyl (C=O) groups is 2. The Bertz CT molecular complexity index is 1240. The molecule has 7 nitrogen and oxygen atoms in total. The van der Waals surface area contributed by atoms with Gasteiger partial charge in [0.2, 0.25) is 11.8 Å². The Morgan fingerprint density at radius 1 is 1.14 bits per heavy atom. The van der Waals surface area contributed by atoms with Crippen molar-refractivity contribution in [1.29, 1.82) is 0 Å². The first-order valence-corrected chi connectivity index (χ1v) is 13.4. The fourth-order valence-corrected chi connectivity index (χ4v) is 5.39. The molecule has 0 radical (unpaired) electrons. The summed E-state index contributed by atoms with van der Waals surface area (Å²) in [4.78, 5) is 32.1. The minimum Gasteiger partial charge on any atom is -0.484 e. The fraction of sp³-hybridized carbons (Fsp3) is 0.433. The summed E-state index contributed by atoms with van der Waals surface area (Å²) < 4.78 is 11.5. The zero-order valence-corrected chi connectivity index (χ0v) is 21.7. The second-order valence-corrected chi connectivity index (χ2v) is 10.1. The summed E-state index contributed by atoms with van der Waals surface area (Å²) in [6.45, 7) is 5.50. The summed E-state index contributed by atoms with van der Waals surface area (Å²) in [6, 6.07) is 14.4. The molecule has 2 heterocycles. The molecule has 5 rings (SSSR count). The van der Waals surface area contributed by atoms with Crippen LogP contribution in [0.25, 0.3) is 0 Å². The Labute approximate surface area is 218 Å². The summed E-state index contributed by atoms with van der Waals surface area (Å²) in [7, 11) is 0. The summed E-state index contributed by atoms with van der Waals surface area (Å²) in [5, 5.41) is 2.79. The van der Waals surface area contributed by atoms with Crippen LogP contribution in [0.2, 0.25) is 0 Å². The summed E-state index contributed by atoms with van der Waals surface area (Å²) in [5.41, 5.74) is 4.90. The molecular weight excluding hydrogens is 466 g/mol. The molecule has 1 unspecified atom stereocenters. The van der Waals surface area contributed by atoms with Gasteiger partial charge in [-0.05, 0) is 61.4 Å². The van der Waals surface area contributed by atoms with Crippen LogP contribution in [0.3, 0.4) is 0 Å². The molecule has 1 aliphatic carbocycles. The molecule has 1 atom stereocenters. The standard InChI is InChI=1S/C30H35N3O4/c1-3-15-31-29(34)26-18-37-27(32-26)19-36-24-13-12-21-14-16-33(30(35)23-6-4-5-7-23)28(25(21)17-24)22-10-8-20(2)9-11-22/h8-13,17-18,23,28H,3-7,14-16,19H2,1-2H3,(H,31,34). The van der Waals surface area contributed by atoms with E-state index < -0.39 is 0 Å². The lowest BCUT2D eigenvalue weighted by Gasteiger charge is -2.39. The van der Waals surface area contributed by atoms with E-state index in [1.165, 1.54) is 17.4 Å². The van der Waals surface area contributed by atoms with Crippen LogP contribution in [0.4, 0.5) is 0 Å². The van der Waals surface area contributed by atoms with E-state index in [0.29, 0.717) is 18.2 Å². The fourth-order valence-electron chi connectivity index (χ4n) is 5.39. The van der Waals surface area contributed by atoms with E-state index in [4.69, 9.17) is 9.15 Å². The highest BCUT2D eigenvalue weighted by molar-refractivity contribution is 5.91. The van der Waals surface area contributed by atoms with E-state index in [1.807, 2.05) is 19.1 Å². The zero-order chi connectivity index (χ0) is 25.8. The zero-order valence-electron chi connectivity index (χ0n) is 21.7. The second kappa shape index (κ2) is 11.2. The Hall–Kier alpha value is -3.61. The third-order valence-corrected chi connectivity index (χ3v) is 7.41. The van der Waals surface area contributed by atoms with Crippen molar-refractivity contribution in [3.05, 3.63) is 82.6 Å². The number of rotatable bonds is 8. The van der Waals surface area contributed by atoms with E-state index >= 15 is 0 Å². The largest absolute Gasteiger partial charge is 0.484 e. The molecular formula is C30H35N3O4. The summed E-state index contributed by atoms with van der Waals surface area (Å²) >= 11 is 0. The predicted molar refractivity (Wildman–Crippen MR) is 140 cm³/mol. The third-order valence-electron chi connectivity index (χ3n) is 7.41. The number of hydrogen-bond donors (Lipinski definition) is 1. The Morgan fingerprint density at radius 2 is 1.92 bits per heavy atom. The average Bonchev–Trinajstić information content (AvgIpc) is 3.63. The molecule has 194 valence electrons. The van der Waals surface area contributed by atoms with Crippen molar-refractivity contribution in [3.63, 3.8) is 0 Å². The van der Waals surface area contributed by atoms with E-state index in [0.717, 1.165) is 56.2 Å². The van der Waals surface area contributed by atoms with E-state index in [2.05, 4.69) is 52.5 Å². The average molecular weight is 502 g/mol. The molecule has 37 heavy (non-hydrogen) atoms. The van der Waals surface area contributed by atoms with Gasteiger partial charge in [-0.3, -0.25) is 9.59 Å². The number of ether oxygens (including phenoxy) is 1. The van der Waals surface area contributed by atoms with Gasteiger partial charge in [-0.2, -0.15) is 0 Å². The van der Waals surface area contributed by atoms with Crippen LogP contribution in [0, 0.1) is 12.8 Å². The molecule has 0 saturated heterocycles. The van der Waals surface area contributed by atoms with Crippen molar-refractivity contribution in [3.8, 4) is 5.75 Å². The lowest BCUT2D eigenvalue weighted by Crippen LogP contribution is -2.43. The highest BCUT2D eigenvalue weighted by Crippen LogP contribution is 2.39. The van der Waals surface area contributed by atoms with Gasteiger partial charge in [0.1, 0.15) is 12.0 Å². The molecule has 1 N–H and O–H groups in total. The number of carbonyl (C=O) groups excluding carboxylic acids is 2. The molecule has 1 aromatic heterocycles. The normalized spacial score (nSPS) is 17.5. The maximum Gasteiger partial charge on any atom is 0.273 e. The number of nitrogens with one attached hydrogen (secondary N) is 1. The monoisotopic (exact) mass is 501 g/mol. The number of hydrogen-bond acceptors (Lipinski definition) is 5. The number of aromatic nitrogens is 1. The van der Waals surface area contributed by atoms with Crippen LogP contribution >= 0.6 is 0 Å². The lowest BCUT2D eigenvalue weighted by molar-refractivity contribution is -0.137. The Kier molecular flexibility index (Phi) is 7.58. The van der Waals surface area contributed by atoms with Crippen LogP contribution < -0.4 is 10.1 Å². The first-order valence-electron chi connectivity index (χ1n) is 13.4. The van der Waals surface area contributed by atoms with Gasteiger partial charge in [0.15, 0.2) is 12.3 Å². The number of aryl methyl sites for hydroxylation is 1. The van der Waals surface area contributed by atoms with Crippen LogP contribution in [0.5, 0.6) is 5.75 Å². The van der Waals surface area contributed by atoms with Gasteiger partial charge in [0.05, 0.1) is 6.04 Å². The first kappa shape index (κ1) is 25.1. The highest BCUT2D eigenvalue weighted by Gasteiger charge is 2.36. The maximum atomic E-state index is 13.6. The molecule has 0 spiro atoms. The summed E-state index contributed by atoms with van der Waals surface area (Å²) in [6.07, 6.45) is 7.28. The van der Waals surface area contributed by atoms with Gasteiger partial charge >= 0.3 is 0 Å². The molecule has 1 saturated carbocycles. The number of benzene rings is 2. The van der Waals surface area contributed by atoms with E-state index in [-0.39, 0.29) is 36.1 Å². The van der Waals surface area contributed by atoms with Crippen LogP contribution in [-0.4, -0.2) is 34.8 Å². The number of nitrogens with zero attached hydrogens (tertiary/aromatic N) is 2. The lowest BCUT2D eigenvalue weighted by atomic mass is 9.86. The highest BCUT2D eigenvalue weighted by atomic mass is 16.5. The molecule has 0 bridgehead atoms. The second-order valence-electron chi connectivity index (χ2n) is 10.1. The van der Waals surface area contributed by atoms with Gasteiger partial charge in [-0.1, -0.05) is 55.7 Å². The maximum absolute atomic E-state index is 13.6. The Morgan fingerprint density at radius 3 is 2.68 bits per heavy atom. The molecule has 3 aromatic rings. The van der Waals surface area contributed by atoms with Gasteiger partial charge in [0.25, 0.3) is 5.91 Å². The minimum atomic E-state index is -0.251. The van der Waals surface area contributed by atoms with Crippen molar-refractivity contribution in [2.45, 2.75) is 65.0 Å². The van der Waals surface area contributed by atoms with Crippen molar-refractivity contribution >= 4 is 11.8 Å². The minimum absolute atomic E-state index is 0.111. The van der Waals surface area contributed by atoms with Crippen LogP contribution in [-0.2, 0) is 17.8 Å². The SMILES string of the molecule is CCCNC(=O)c1coc(COc2ccc3c(c2)C(c2ccc(C)cc2)N(C(=O)C2CCCC2)CC3)n1. The van der Waals surface area contributed by atoms with Crippen molar-refractivity contribution in [2.75, 3.05) is 13.1 Å². The van der Waals surface area contributed by atoms with Gasteiger partial charge in [-0.25, -0.2) is 4.98 Å². The van der Waals surface area contributed by atoms with Crippen LogP contribution in [0.1, 0.15) is 83.7 Å². The molecule has 7 heteroatoms. The summed E-state index contributed by atoms with van der Waals surface area (Å²) in [5.74, 6) is 1.17. The van der Waals surface area contributed by atoms with Crippen molar-refractivity contribution in [2.24, 2.45) is 5.92 Å². The van der Waals surface area contributed by atoms with Gasteiger partial charge in [0, 0.05) is 19.0 Å². The Balaban J connectivity index is 1.38. The van der Waals surface area contributed by atoms with Crippen molar-refractivity contribution in [1.82, 2.24) is 15.2 Å². The third kappa shape index (κ3) is 5.55. The van der Waals surface area contributed by atoms with Crippen molar-refractivity contribution < 1.29 is 18.7 Å². The first-order chi connectivity index (χ1) is 18.0. The topological polar surface area (TPSA) is 84.7 Å². The molecule has 2 amide bonds. The number of fused-ring (bicyclic) bond motifs is 1. The number of amides is 2. The van der Waals surface area contributed by atoms with E-state index in [1.54, 1.807) is 0 Å².